The molecule has 18 heavy (non-hydrogen) atoms. The number of carbonyl (C=O) groups is 1. The molecule has 2 fully saturated rings. The summed E-state index contributed by atoms with van der Waals surface area (Å²) in [6.45, 7) is 0.680. The van der Waals surface area contributed by atoms with Gasteiger partial charge >= 0.3 is 6.03 Å². The van der Waals surface area contributed by atoms with Crippen LogP contribution < -0.4 is 11.1 Å². The van der Waals surface area contributed by atoms with Crippen molar-refractivity contribution < 1.29 is 10.0 Å². The first-order valence-electron chi connectivity index (χ1n) is 6.77. The maximum atomic E-state index is 12.2. The van der Waals surface area contributed by atoms with Crippen molar-refractivity contribution in [2.24, 2.45) is 10.9 Å². The second kappa shape index (κ2) is 5.93. The van der Waals surface area contributed by atoms with Crippen LogP contribution >= 0.6 is 0 Å². The Bertz CT molecular complexity index is 326. The largest absolute Gasteiger partial charge is 0.409 e. The molecule has 4 N–H and O–H groups in total. The van der Waals surface area contributed by atoms with Crippen LogP contribution in [0.4, 0.5) is 4.79 Å². The third-order valence-corrected chi connectivity index (χ3v) is 3.90. The van der Waals surface area contributed by atoms with E-state index in [1.165, 1.54) is 12.8 Å². The van der Waals surface area contributed by atoms with Crippen LogP contribution in [0.15, 0.2) is 5.16 Å². The molecule has 1 aliphatic carbocycles. The average molecular weight is 254 g/mol. The second-order valence-electron chi connectivity index (χ2n) is 5.16. The van der Waals surface area contributed by atoms with E-state index in [-0.39, 0.29) is 17.9 Å². The number of rotatable bonds is 2. The van der Waals surface area contributed by atoms with E-state index < -0.39 is 0 Å². The number of amidine groups is 1. The number of hydrogen-bond acceptors (Lipinski definition) is 3. The first-order valence-corrected chi connectivity index (χ1v) is 6.77. The van der Waals surface area contributed by atoms with Crippen molar-refractivity contribution in [2.75, 3.05) is 6.54 Å². The van der Waals surface area contributed by atoms with Gasteiger partial charge in [0.15, 0.2) is 5.84 Å². The smallest absolute Gasteiger partial charge is 0.318 e. The van der Waals surface area contributed by atoms with E-state index in [4.69, 9.17) is 10.9 Å². The van der Waals surface area contributed by atoms with Gasteiger partial charge in [-0.15, -0.1) is 0 Å². The summed E-state index contributed by atoms with van der Waals surface area (Å²) in [7, 11) is 0. The van der Waals surface area contributed by atoms with Crippen LogP contribution in [0.1, 0.15) is 44.9 Å². The van der Waals surface area contributed by atoms with Gasteiger partial charge in [0.2, 0.25) is 0 Å². The molecule has 1 aliphatic heterocycles. The van der Waals surface area contributed by atoms with Crippen LogP contribution in [0.2, 0.25) is 0 Å². The lowest BCUT2D eigenvalue weighted by atomic mass is 10.0. The minimum Gasteiger partial charge on any atom is -0.409 e. The molecule has 0 aromatic rings. The second-order valence-corrected chi connectivity index (χ2v) is 5.16. The van der Waals surface area contributed by atoms with Gasteiger partial charge in [0.05, 0.1) is 6.04 Å². The molecule has 0 aromatic carbocycles. The predicted octanol–water partition coefficient (Wildman–Crippen LogP) is 1.24. The van der Waals surface area contributed by atoms with Gasteiger partial charge in [-0.05, 0) is 32.1 Å². The molecule has 2 amide bonds. The van der Waals surface area contributed by atoms with Crippen molar-refractivity contribution in [3.8, 4) is 0 Å². The fraction of sp³-hybridized carbons (Fsp3) is 0.833. The van der Waals surface area contributed by atoms with Crippen molar-refractivity contribution >= 4 is 11.9 Å². The summed E-state index contributed by atoms with van der Waals surface area (Å²) in [6, 6.07) is -0.0317. The number of carbonyl (C=O) groups excluding carboxylic acids is 1. The maximum absolute atomic E-state index is 12.2. The molecular weight excluding hydrogens is 232 g/mol. The Morgan fingerprint density at radius 3 is 2.56 bits per heavy atom. The zero-order valence-corrected chi connectivity index (χ0v) is 10.6. The summed E-state index contributed by atoms with van der Waals surface area (Å²) in [5.41, 5.74) is 5.66. The van der Waals surface area contributed by atoms with E-state index in [1.54, 1.807) is 4.90 Å². The minimum absolute atomic E-state index is 0.0711. The first-order chi connectivity index (χ1) is 8.72. The molecule has 1 saturated carbocycles. The van der Waals surface area contributed by atoms with Crippen molar-refractivity contribution in [3.05, 3.63) is 0 Å². The van der Waals surface area contributed by atoms with Gasteiger partial charge in [0.1, 0.15) is 0 Å². The minimum atomic E-state index is -0.259. The monoisotopic (exact) mass is 254 g/mol. The highest BCUT2D eigenvalue weighted by molar-refractivity contribution is 5.89. The Balaban J connectivity index is 1.96. The van der Waals surface area contributed by atoms with Crippen LogP contribution in [-0.4, -0.2) is 40.6 Å². The molecule has 6 nitrogen and oxygen atoms in total. The molecule has 0 aromatic heterocycles. The van der Waals surface area contributed by atoms with Crippen LogP contribution in [0.25, 0.3) is 0 Å². The molecular formula is C12H22N4O2. The Labute approximate surface area is 107 Å². The molecule has 1 unspecified atom stereocenters. The number of piperidine rings is 1. The van der Waals surface area contributed by atoms with Crippen LogP contribution in [-0.2, 0) is 0 Å². The number of likely N-dealkylation sites (tertiary alicyclic amines) is 1. The van der Waals surface area contributed by atoms with E-state index >= 15 is 0 Å². The number of urea groups is 1. The molecule has 1 saturated heterocycles. The zero-order chi connectivity index (χ0) is 13.0. The predicted molar refractivity (Wildman–Crippen MR) is 68.5 cm³/mol. The van der Waals surface area contributed by atoms with E-state index in [2.05, 4.69) is 10.5 Å². The lowest BCUT2D eigenvalue weighted by Crippen LogP contribution is -2.55. The highest BCUT2D eigenvalue weighted by atomic mass is 16.4. The fourth-order valence-corrected chi connectivity index (χ4v) is 2.88. The Hall–Kier alpha value is -1.46. The van der Waals surface area contributed by atoms with Crippen LogP contribution in [0, 0.1) is 0 Å². The highest BCUT2D eigenvalue weighted by Gasteiger charge is 2.31. The number of hydrogen-bond donors (Lipinski definition) is 3. The zero-order valence-electron chi connectivity index (χ0n) is 10.6. The molecule has 6 heteroatoms. The topological polar surface area (TPSA) is 91.0 Å². The normalized spacial score (nSPS) is 26.3. The third kappa shape index (κ3) is 2.86. The van der Waals surface area contributed by atoms with Crippen LogP contribution in [0.3, 0.4) is 0 Å². The molecule has 0 spiro atoms. The quantitative estimate of drug-likeness (QED) is 0.300. The SMILES string of the molecule is NC(=NO)C1CCCCN1C(=O)NC1CCCC1. The van der Waals surface area contributed by atoms with Crippen molar-refractivity contribution in [1.29, 1.82) is 0 Å². The molecule has 1 heterocycles. The van der Waals surface area contributed by atoms with Crippen LogP contribution in [0.5, 0.6) is 0 Å². The number of nitrogens with zero attached hydrogens (tertiary/aromatic N) is 2. The van der Waals surface area contributed by atoms with Gasteiger partial charge in [-0.1, -0.05) is 18.0 Å². The number of nitrogens with two attached hydrogens (primary N) is 1. The molecule has 0 radical (unpaired) electrons. The molecule has 1 atom stereocenters. The summed E-state index contributed by atoms with van der Waals surface area (Å²) in [6.07, 6.45) is 7.26. The van der Waals surface area contributed by atoms with Gasteiger partial charge in [-0.2, -0.15) is 0 Å². The van der Waals surface area contributed by atoms with Crippen molar-refractivity contribution in [1.82, 2.24) is 10.2 Å². The van der Waals surface area contributed by atoms with Gasteiger partial charge in [-0.25, -0.2) is 4.79 Å². The van der Waals surface area contributed by atoms with E-state index in [0.717, 1.165) is 32.1 Å². The summed E-state index contributed by atoms with van der Waals surface area (Å²) >= 11 is 0. The van der Waals surface area contributed by atoms with Gasteiger partial charge < -0.3 is 21.2 Å². The highest BCUT2D eigenvalue weighted by Crippen LogP contribution is 2.20. The third-order valence-electron chi connectivity index (χ3n) is 3.90. The van der Waals surface area contributed by atoms with E-state index in [9.17, 15) is 4.79 Å². The first kappa shape index (κ1) is 13.0. The van der Waals surface area contributed by atoms with Gasteiger partial charge in [0.25, 0.3) is 0 Å². The molecule has 2 rings (SSSR count). The van der Waals surface area contributed by atoms with Gasteiger partial charge in [0, 0.05) is 12.6 Å². The summed E-state index contributed by atoms with van der Waals surface area (Å²) in [5.74, 6) is 0.135. The lowest BCUT2D eigenvalue weighted by molar-refractivity contribution is 0.167. The van der Waals surface area contributed by atoms with E-state index in [1.807, 2.05) is 0 Å². The number of oxime groups is 1. The summed E-state index contributed by atoms with van der Waals surface area (Å²) in [5, 5.41) is 14.9. The van der Waals surface area contributed by atoms with Crippen molar-refractivity contribution in [2.45, 2.75) is 57.0 Å². The Kier molecular flexibility index (Phi) is 4.28. The Morgan fingerprint density at radius 2 is 1.89 bits per heavy atom. The van der Waals surface area contributed by atoms with E-state index in [0.29, 0.717) is 12.6 Å². The molecule has 0 bridgehead atoms. The fourth-order valence-electron chi connectivity index (χ4n) is 2.88. The average Bonchev–Trinajstić information content (AvgIpc) is 2.90. The lowest BCUT2D eigenvalue weighted by Gasteiger charge is -2.35. The maximum Gasteiger partial charge on any atom is 0.318 e. The number of amides is 2. The Morgan fingerprint density at radius 1 is 1.22 bits per heavy atom. The summed E-state index contributed by atoms with van der Waals surface area (Å²) in [4.78, 5) is 13.9. The molecule has 102 valence electrons. The van der Waals surface area contributed by atoms with Crippen molar-refractivity contribution in [3.63, 3.8) is 0 Å². The standard InChI is InChI=1S/C12H22N4O2/c13-11(15-18)10-7-3-4-8-16(10)12(17)14-9-5-1-2-6-9/h9-10,18H,1-8H2,(H2,13,15)(H,14,17). The summed E-state index contributed by atoms with van der Waals surface area (Å²) < 4.78 is 0. The molecule has 2 aliphatic rings. The number of nitrogens with one attached hydrogen (secondary N) is 1. The van der Waals surface area contributed by atoms with Gasteiger partial charge in [-0.3, -0.25) is 0 Å².